The molecule has 8 heteroatoms. The second-order valence-electron chi connectivity index (χ2n) is 7.65. The third-order valence-corrected chi connectivity index (χ3v) is 6.64. The molecular formula is C25H22ClN3O3S. The third-order valence-electron chi connectivity index (χ3n) is 5.13. The molecule has 3 aromatic rings. The second-order valence-corrected chi connectivity index (χ2v) is 9.15. The minimum absolute atomic E-state index is 0.0841. The van der Waals surface area contributed by atoms with Gasteiger partial charge in [0.25, 0.3) is 5.91 Å². The van der Waals surface area contributed by atoms with E-state index in [0.717, 1.165) is 11.1 Å². The highest BCUT2D eigenvalue weighted by Crippen LogP contribution is 2.39. The SMILES string of the molecule is CC(=O)Nc1cccc(NC(=O)c2ccc([C@@H]3SCC(=O)N3Cc3ccc(Cl)cc3)cc2)c1. The minimum Gasteiger partial charge on any atom is -0.326 e. The van der Waals surface area contributed by atoms with Crippen LogP contribution in [0.3, 0.4) is 0 Å². The van der Waals surface area contributed by atoms with E-state index < -0.39 is 0 Å². The van der Waals surface area contributed by atoms with Crippen LogP contribution in [0.1, 0.15) is 33.8 Å². The normalized spacial score (nSPS) is 15.4. The van der Waals surface area contributed by atoms with Gasteiger partial charge in [-0.1, -0.05) is 41.9 Å². The summed E-state index contributed by atoms with van der Waals surface area (Å²) in [5.74, 6) is 0.0726. The highest BCUT2D eigenvalue weighted by atomic mass is 35.5. The van der Waals surface area contributed by atoms with Crippen molar-refractivity contribution >= 4 is 52.5 Å². The number of anilines is 2. The number of amides is 3. The zero-order valence-corrected chi connectivity index (χ0v) is 19.5. The Labute approximate surface area is 201 Å². The van der Waals surface area contributed by atoms with Crippen molar-refractivity contribution in [1.29, 1.82) is 0 Å². The fourth-order valence-corrected chi connectivity index (χ4v) is 4.88. The van der Waals surface area contributed by atoms with E-state index in [1.54, 1.807) is 48.2 Å². The number of benzene rings is 3. The summed E-state index contributed by atoms with van der Waals surface area (Å²) in [6.07, 6.45) is 0. The summed E-state index contributed by atoms with van der Waals surface area (Å²) in [4.78, 5) is 38.3. The van der Waals surface area contributed by atoms with Crippen molar-refractivity contribution in [1.82, 2.24) is 4.90 Å². The number of halogens is 1. The molecule has 1 aliphatic rings. The minimum atomic E-state index is -0.255. The molecule has 0 aromatic heterocycles. The van der Waals surface area contributed by atoms with Gasteiger partial charge in [-0.15, -0.1) is 11.8 Å². The van der Waals surface area contributed by atoms with Crippen molar-refractivity contribution in [2.45, 2.75) is 18.8 Å². The van der Waals surface area contributed by atoms with Crippen molar-refractivity contribution in [2.75, 3.05) is 16.4 Å². The van der Waals surface area contributed by atoms with Crippen molar-refractivity contribution in [2.24, 2.45) is 0 Å². The van der Waals surface area contributed by atoms with Gasteiger partial charge in [-0.25, -0.2) is 0 Å². The van der Waals surface area contributed by atoms with Crippen LogP contribution in [0.4, 0.5) is 11.4 Å². The van der Waals surface area contributed by atoms with Crippen molar-refractivity contribution < 1.29 is 14.4 Å². The van der Waals surface area contributed by atoms with Gasteiger partial charge in [0.2, 0.25) is 11.8 Å². The molecule has 1 atom stereocenters. The largest absolute Gasteiger partial charge is 0.326 e. The van der Waals surface area contributed by atoms with Crippen LogP contribution >= 0.6 is 23.4 Å². The maximum Gasteiger partial charge on any atom is 0.255 e. The Morgan fingerprint density at radius 3 is 2.33 bits per heavy atom. The van der Waals surface area contributed by atoms with Gasteiger partial charge >= 0.3 is 0 Å². The smallest absolute Gasteiger partial charge is 0.255 e. The fourth-order valence-electron chi connectivity index (χ4n) is 3.57. The lowest BCUT2D eigenvalue weighted by molar-refractivity contribution is -0.128. The topological polar surface area (TPSA) is 78.5 Å². The molecule has 0 unspecified atom stereocenters. The number of nitrogens with one attached hydrogen (secondary N) is 2. The Morgan fingerprint density at radius 1 is 1.00 bits per heavy atom. The lowest BCUT2D eigenvalue weighted by Gasteiger charge is -2.24. The predicted molar refractivity (Wildman–Crippen MR) is 132 cm³/mol. The Kier molecular flexibility index (Phi) is 7.01. The highest BCUT2D eigenvalue weighted by Gasteiger charge is 2.32. The zero-order valence-electron chi connectivity index (χ0n) is 17.9. The van der Waals surface area contributed by atoms with E-state index in [1.807, 2.05) is 41.3 Å². The molecule has 3 aromatic carbocycles. The molecule has 0 bridgehead atoms. The highest BCUT2D eigenvalue weighted by molar-refractivity contribution is 8.00. The number of carbonyl (C=O) groups excluding carboxylic acids is 3. The second kappa shape index (κ2) is 10.1. The lowest BCUT2D eigenvalue weighted by atomic mass is 10.1. The summed E-state index contributed by atoms with van der Waals surface area (Å²) < 4.78 is 0. The molecule has 4 rings (SSSR count). The number of thioether (sulfide) groups is 1. The van der Waals surface area contributed by atoms with Gasteiger partial charge in [0, 0.05) is 35.4 Å². The van der Waals surface area contributed by atoms with Crippen LogP contribution in [0.15, 0.2) is 72.8 Å². The van der Waals surface area contributed by atoms with Gasteiger partial charge in [0.15, 0.2) is 0 Å². The maximum atomic E-state index is 12.7. The van der Waals surface area contributed by atoms with Crippen LogP contribution in [0.5, 0.6) is 0 Å². The van der Waals surface area contributed by atoms with Crippen LogP contribution in [-0.4, -0.2) is 28.4 Å². The molecular weight excluding hydrogens is 458 g/mol. The number of nitrogens with zero attached hydrogens (tertiary/aromatic N) is 1. The molecule has 6 nitrogen and oxygen atoms in total. The standard InChI is InChI=1S/C25H22ClN3O3S/c1-16(30)27-21-3-2-4-22(13-21)28-24(32)18-7-9-19(10-8-18)25-29(23(31)15-33-25)14-17-5-11-20(26)12-6-17/h2-13,25H,14-15H2,1H3,(H,27,30)(H,28,32)/t25-/m0/s1. The lowest BCUT2D eigenvalue weighted by Crippen LogP contribution is -2.27. The molecule has 2 N–H and O–H groups in total. The first-order valence-corrected chi connectivity index (χ1v) is 11.8. The first kappa shape index (κ1) is 22.9. The maximum absolute atomic E-state index is 12.7. The van der Waals surface area contributed by atoms with Crippen LogP contribution in [0.25, 0.3) is 0 Å². The first-order chi connectivity index (χ1) is 15.9. The summed E-state index contributed by atoms with van der Waals surface area (Å²) in [5, 5.41) is 6.09. The molecule has 1 aliphatic heterocycles. The average Bonchev–Trinajstić information content (AvgIpc) is 3.15. The van der Waals surface area contributed by atoms with E-state index in [0.29, 0.717) is 34.3 Å². The van der Waals surface area contributed by atoms with Gasteiger partial charge in [0.1, 0.15) is 5.37 Å². The number of hydrogen-bond acceptors (Lipinski definition) is 4. The van der Waals surface area contributed by atoms with Crippen LogP contribution in [0.2, 0.25) is 5.02 Å². The fraction of sp³-hybridized carbons (Fsp3) is 0.160. The third kappa shape index (κ3) is 5.74. The summed E-state index contributed by atoms with van der Waals surface area (Å²) in [7, 11) is 0. The summed E-state index contributed by atoms with van der Waals surface area (Å²) in [6, 6.07) is 21.7. The molecule has 0 aliphatic carbocycles. The quantitative estimate of drug-likeness (QED) is 0.501. The Balaban J connectivity index is 1.44. The Morgan fingerprint density at radius 2 is 1.67 bits per heavy atom. The number of hydrogen-bond donors (Lipinski definition) is 2. The summed E-state index contributed by atoms with van der Waals surface area (Å²) >= 11 is 7.54. The number of rotatable bonds is 6. The van der Waals surface area contributed by atoms with E-state index in [2.05, 4.69) is 10.6 Å². The zero-order chi connectivity index (χ0) is 23.4. The van der Waals surface area contributed by atoms with Crippen LogP contribution in [-0.2, 0) is 16.1 Å². The van der Waals surface area contributed by atoms with Crippen molar-refractivity contribution in [3.05, 3.63) is 94.5 Å². The molecule has 3 amide bonds. The molecule has 33 heavy (non-hydrogen) atoms. The van der Waals surface area contributed by atoms with Gasteiger partial charge < -0.3 is 15.5 Å². The van der Waals surface area contributed by atoms with Crippen molar-refractivity contribution in [3.8, 4) is 0 Å². The molecule has 1 heterocycles. The van der Waals surface area contributed by atoms with Gasteiger partial charge in [0.05, 0.1) is 5.75 Å². The molecule has 1 saturated heterocycles. The van der Waals surface area contributed by atoms with Gasteiger partial charge in [-0.3, -0.25) is 14.4 Å². The first-order valence-electron chi connectivity index (χ1n) is 10.3. The molecule has 168 valence electrons. The van der Waals surface area contributed by atoms with Crippen LogP contribution < -0.4 is 10.6 Å². The van der Waals surface area contributed by atoms with E-state index >= 15 is 0 Å². The summed E-state index contributed by atoms with van der Waals surface area (Å²) in [6.45, 7) is 1.93. The van der Waals surface area contributed by atoms with E-state index in [-0.39, 0.29) is 23.1 Å². The Hall–Kier alpha value is -3.29. The van der Waals surface area contributed by atoms with Gasteiger partial charge in [-0.2, -0.15) is 0 Å². The van der Waals surface area contributed by atoms with Crippen LogP contribution in [0, 0.1) is 0 Å². The van der Waals surface area contributed by atoms with Gasteiger partial charge in [-0.05, 0) is 53.6 Å². The monoisotopic (exact) mass is 479 g/mol. The van der Waals surface area contributed by atoms with Crippen molar-refractivity contribution in [3.63, 3.8) is 0 Å². The average molecular weight is 480 g/mol. The molecule has 1 fully saturated rings. The van der Waals surface area contributed by atoms with E-state index in [9.17, 15) is 14.4 Å². The van der Waals surface area contributed by atoms with E-state index in [4.69, 9.17) is 11.6 Å². The van der Waals surface area contributed by atoms with E-state index in [1.165, 1.54) is 6.92 Å². The Bertz CT molecular complexity index is 1180. The molecule has 0 saturated carbocycles. The molecule has 0 radical (unpaired) electrons. The number of carbonyl (C=O) groups is 3. The summed E-state index contributed by atoms with van der Waals surface area (Å²) in [5.41, 5.74) is 3.67. The molecule has 0 spiro atoms. The predicted octanol–water partition coefficient (Wildman–Crippen LogP) is 5.32.